The van der Waals surface area contributed by atoms with Crippen LogP contribution in [0.25, 0.3) is 22.0 Å². The molecule has 1 aliphatic rings. The Kier molecular flexibility index (Phi) is 4.26. The van der Waals surface area contributed by atoms with Gasteiger partial charge >= 0.3 is 0 Å². The van der Waals surface area contributed by atoms with Crippen molar-refractivity contribution in [2.24, 2.45) is 5.92 Å². The summed E-state index contributed by atoms with van der Waals surface area (Å²) in [5, 5.41) is 12.7. The minimum atomic E-state index is 0.719. The summed E-state index contributed by atoms with van der Waals surface area (Å²) in [6.07, 6.45) is 2.59. The first-order valence-corrected chi connectivity index (χ1v) is 9.16. The maximum atomic E-state index is 4.76. The average molecular weight is 323 g/mol. The van der Waals surface area contributed by atoms with Crippen LogP contribution in [-0.4, -0.2) is 24.6 Å². The van der Waals surface area contributed by atoms with Crippen LogP contribution in [0.4, 0.5) is 5.13 Å². The first-order chi connectivity index (χ1) is 11.4. The number of benzene rings is 2. The summed E-state index contributed by atoms with van der Waals surface area (Å²) in [6.45, 7) is 3.30. The van der Waals surface area contributed by atoms with E-state index in [1.54, 1.807) is 11.3 Å². The SMILES string of the molecule is c1ccc2cc(-c3csc(NCC4CCCNC4)n3)ccc2c1. The van der Waals surface area contributed by atoms with E-state index in [0.29, 0.717) is 0 Å². The summed E-state index contributed by atoms with van der Waals surface area (Å²) in [7, 11) is 0. The van der Waals surface area contributed by atoms with E-state index in [9.17, 15) is 0 Å². The summed E-state index contributed by atoms with van der Waals surface area (Å²) in [5.74, 6) is 0.719. The number of piperidine rings is 1. The van der Waals surface area contributed by atoms with Crippen LogP contribution in [0.1, 0.15) is 12.8 Å². The molecule has 23 heavy (non-hydrogen) atoms. The van der Waals surface area contributed by atoms with Crippen molar-refractivity contribution in [2.75, 3.05) is 25.0 Å². The predicted octanol–water partition coefficient (Wildman–Crippen LogP) is 4.37. The standard InChI is InChI=1S/C19H21N3S/c1-2-6-16-10-17(8-7-15(16)5-1)18-13-23-19(22-18)21-12-14-4-3-9-20-11-14/h1-2,5-8,10,13-14,20H,3-4,9,11-12H2,(H,21,22). The predicted molar refractivity (Wildman–Crippen MR) is 99.1 cm³/mol. The van der Waals surface area contributed by atoms with Gasteiger partial charge in [0.15, 0.2) is 5.13 Å². The van der Waals surface area contributed by atoms with Crippen molar-refractivity contribution < 1.29 is 0 Å². The molecule has 1 aromatic heterocycles. The van der Waals surface area contributed by atoms with Gasteiger partial charge in [-0.25, -0.2) is 4.98 Å². The molecule has 118 valence electrons. The fourth-order valence-electron chi connectivity index (χ4n) is 3.17. The Hall–Kier alpha value is -1.91. The molecule has 1 saturated heterocycles. The van der Waals surface area contributed by atoms with Gasteiger partial charge in [0.05, 0.1) is 5.69 Å². The molecular formula is C19H21N3S. The monoisotopic (exact) mass is 323 g/mol. The van der Waals surface area contributed by atoms with Crippen molar-refractivity contribution in [3.05, 3.63) is 47.8 Å². The zero-order valence-corrected chi connectivity index (χ0v) is 13.9. The van der Waals surface area contributed by atoms with Crippen LogP contribution < -0.4 is 10.6 Å². The minimum absolute atomic E-state index is 0.719. The summed E-state index contributed by atoms with van der Waals surface area (Å²) in [6, 6.07) is 15.0. The molecule has 0 amide bonds. The average Bonchev–Trinajstić information content (AvgIpc) is 3.09. The molecule has 1 unspecified atom stereocenters. The molecule has 3 nitrogen and oxygen atoms in total. The van der Waals surface area contributed by atoms with Crippen LogP contribution in [0.2, 0.25) is 0 Å². The van der Waals surface area contributed by atoms with Gasteiger partial charge in [0.2, 0.25) is 0 Å². The largest absolute Gasteiger partial charge is 0.361 e. The molecule has 0 radical (unpaired) electrons. The molecule has 0 aliphatic carbocycles. The maximum absolute atomic E-state index is 4.76. The Balaban J connectivity index is 1.47. The summed E-state index contributed by atoms with van der Waals surface area (Å²) in [5.41, 5.74) is 2.25. The quantitative estimate of drug-likeness (QED) is 0.748. The molecule has 4 heteroatoms. The Bertz CT molecular complexity index is 790. The summed E-state index contributed by atoms with van der Waals surface area (Å²) < 4.78 is 0. The molecule has 3 aromatic rings. The third kappa shape index (κ3) is 3.38. The topological polar surface area (TPSA) is 37.0 Å². The normalized spacial score (nSPS) is 18.2. The van der Waals surface area contributed by atoms with Crippen LogP contribution in [0, 0.1) is 5.92 Å². The van der Waals surface area contributed by atoms with Gasteiger partial charge in [-0.1, -0.05) is 36.4 Å². The smallest absolute Gasteiger partial charge is 0.183 e. The fraction of sp³-hybridized carbons (Fsp3) is 0.316. The van der Waals surface area contributed by atoms with Gasteiger partial charge in [0.1, 0.15) is 0 Å². The van der Waals surface area contributed by atoms with Crippen LogP contribution in [0.15, 0.2) is 47.8 Å². The highest BCUT2D eigenvalue weighted by molar-refractivity contribution is 7.14. The lowest BCUT2D eigenvalue weighted by Crippen LogP contribution is -2.33. The molecule has 0 saturated carbocycles. The second-order valence-electron chi connectivity index (χ2n) is 6.19. The van der Waals surface area contributed by atoms with Crippen molar-refractivity contribution in [1.82, 2.24) is 10.3 Å². The highest BCUT2D eigenvalue weighted by atomic mass is 32.1. The third-order valence-electron chi connectivity index (χ3n) is 4.49. The number of fused-ring (bicyclic) bond motifs is 1. The summed E-state index contributed by atoms with van der Waals surface area (Å²) in [4.78, 5) is 4.76. The van der Waals surface area contributed by atoms with E-state index in [-0.39, 0.29) is 0 Å². The molecule has 1 fully saturated rings. The van der Waals surface area contributed by atoms with E-state index in [4.69, 9.17) is 4.98 Å². The number of hydrogen-bond acceptors (Lipinski definition) is 4. The van der Waals surface area contributed by atoms with Gasteiger partial charge in [-0.3, -0.25) is 0 Å². The number of hydrogen-bond donors (Lipinski definition) is 2. The van der Waals surface area contributed by atoms with E-state index < -0.39 is 0 Å². The lowest BCUT2D eigenvalue weighted by Gasteiger charge is -2.22. The number of aromatic nitrogens is 1. The fourth-order valence-corrected chi connectivity index (χ4v) is 3.90. The number of nitrogens with one attached hydrogen (secondary N) is 2. The van der Waals surface area contributed by atoms with E-state index in [1.807, 2.05) is 0 Å². The third-order valence-corrected chi connectivity index (χ3v) is 5.29. The molecule has 1 aliphatic heterocycles. The lowest BCUT2D eigenvalue weighted by atomic mass is 10.00. The van der Waals surface area contributed by atoms with Crippen molar-refractivity contribution in [2.45, 2.75) is 12.8 Å². The van der Waals surface area contributed by atoms with Gasteiger partial charge in [0, 0.05) is 17.5 Å². The first-order valence-electron chi connectivity index (χ1n) is 8.28. The zero-order valence-electron chi connectivity index (χ0n) is 13.1. The molecule has 2 heterocycles. The molecule has 2 aromatic carbocycles. The first kappa shape index (κ1) is 14.7. The Labute approximate surface area is 140 Å². The Morgan fingerprint density at radius 3 is 2.96 bits per heavy atom. The van der Waals surface area contributed by atoms with Gasteiger partial charge in [-0.05, 0) is 48.7 Å². The number of rotatable bonds is 4. The van der Waals surface area contributed by atoms with Gasteiger partial charge in [-0.2, -0.15) is 0 Å². The van der Waals surface area contributed by atoms with Gasteiger partial charge in [0.25, 0.3) is 0 Å². The van der Waals surface area contributed by atoms with E-state index in [1.165, 1.54) is 35.7 Å². The molecule has 4 rings (SSSR count). The molecule has 2 N–H and O–H groups in total. The number of thiazole rings is 1. The maximum Gasteiger partial charge on any atom is 0.183 e. The van der Waals surface area contributed by atoms with E-state index >= 15 is 0 Å². The lowest BCUT2D eigenvalue weighted by molar-refractivity contribution is 0.393. The number of nitrogens with zero attached hydrogens (tertiary/aromatic N) is 1. The van der Waals surface area contributed by atoms with E-state index in [2.05, 4.69) is 58.5 Å². The summed E-state index contributed by atoms with van der Waals surface area (Å²) >= 11 is 1.70. The van der Waals surface area contributed by atoms with Gasteiger partial charge < -0.3 is 10.6 Å². The van der Waals surface area contributed by atoms with Gasteiger partial charge in [-0.15, -0.1) is 11.3 Å². The van der Waals surface area contributed by atoms with Crippen molar-refractivity contribution in [3.63, 3.8) is 0 Å². The minimum Gasteiger partial charge on any atom is -0.361 e. The molecular weight excluding hydrogens is 302 g/mol. The molecule has 0 bridgehead atoms. The highest BCUT2D eigenvalue weighted by Gasteiger charge is 2.13. The van der Waals surface area contributed by atoms with Crippen molar-refractivity contribution in [1.29, 1.82) is 0 Å². The number of anilines is 1. The van der Waals surface area contributed by atoms with Crippen molar-refractivity contribution in [3.8, 4) is 11.3 Å². The van der Waals surface area contributed by atoms with Crippen LogP contribution in [0.5, 0.6) is 0 Å². The van der Waals surface area contributed by atoms with Crippen molar-refractivity contribution >= 4 is 27.2 Å². The second-order valence-corrected chi connectivity index (χ2v) is 7.05. The zero-order chi connectivity index (χ0) is 15.5. The van der Waals surface area contributed by atoms with E-state index in [0.717, 1.165) is 29.8 Å². The molecule has 0 spiro atoms. The molecule has 1 atom stereocenters. The van der Waals surface area contributed by atoms with Crippen LogP contribution in [0.3, 0.4) is 0 Å². The Morgan fingerprint density at radius 2 is 2.09 bits per heavy atom. The second kappa shape index (κ2) is 6.69. The Morgan fingerprint density at radius 1 is 1.17 bits per heavy atom. The van der Waals surface area contributed by atoms with Crippen LogP contribution in [-0.2, 0) is 0 Å². The highest BCUT2D eigenvalue weighted by Crippen LogP contribution is 2.28. The van der Waals surface area contributed by atoms with Crippen LogP contribution >= 0.6 is 11.3 Å².